The Kier molecular flexibility index (Phi) is 14.8. The Morgan fingerprint density at radius 3 is 2.30 bits per heavy atom. The fourth-order valence-corrected chi connectivity index (χ4v) is 11.6. The summed E-state index contributed by atoms with van der Waals surface area (Å²) in [5, 5.41) is 23.4. The summed E-state index contributed by atoms with van der Waals surface area (Å²) in [5.41, 5.74) is 11.3. The third kappa shape index (κ3) is 10.5. The van der Waals surface area contributed by atoms with Crippen molar-refractivity contribution in [3.8, 4) is 40.0 Å². The molecule has 0 unspecified atom stereocenters. The van der Waals surface area contributed by atoms with E-state index in [4.69, 9.17) is 9.47 Å². The molecular weight excluding hydrogens is 929 g/mol. The van der Waals surface area contributed by atoms with Gasteiger partial charge in [-0.05, 0) is 142 Å². The van der Waals surface area contributed by atoms with Crippen LogP contribution in [0, 0.1) is 25.2 Å². The molecule has 0 saturated carbocycles. The molecule has 6 heterocycles. The van der Waals surface area contributed by atoms with Crippen molar-refractivity contribution >= 4 is 23.4 Å². The van der Waals surface area contributed by atoms with Crippen molar-refractivity contribution in [3.05, 3.63) is 147 Å². The minimum absolute atomic E-state index is 0.00872. The van der Waals surface area contributed by atoms with Gasteiger partial charge < -0.3 is 43.7 Å². The van der Waals surface area contributed by atoms with Crippen LogP contribution in [0.2, 0.25) is 0 Å². The molecule has 0 aliphatic carbocycles. The second-order valence-electron chi connectivity index (χ2n) is 20.7. The van der Waals surface area contributed by atoms with Crippen LogP contribution in [0.1, 0.15) is 91.8 Å². The molecule has 74 heavy (non-hydrogen) atoms. The number of hydrogen-bond donors (Lipinski definition) is 2. The van der Waals surface area contributed by atoms with Gasteiger partial charge in [0.1, 0.15) is 29.9 Å². The van der Waals surface area contributed by atoms with Crippen LogP contribution in [0.5, 0.6) is 11.5 Å². The maximum absolute atomic E-state index is 16.1. The molecule has 4 aliphatic rings. The minimum atomic E-state index is -0.360. The predicted octanol–water partition coefficient (Wildman–Crippen LogP) is 8.42. The summed E-state index contributed by atoms with van der Waals surface area (Å²) in [6, 6.07) is 30.8. The van der Waals surface area contributed by atoms with Gasteiger partial charge in [-0.15, -0.1) is 0 Å². The van der Waals surface area contributed by atoms with Crippen LogP contribution >= 0.6 is 0 Å². The van der Waals surface area contributed by atoms with Gasteiger partial charge in [-0.25, -0.2) is 0 Å². The molecule has 2 fully saturated rings. The Morgan fingerprint density at radius 1 is 0.811 bits per heavy atom. The Labute approximate surface area is 434 Å². The first-order chi connectivity index (χ1) is 35.8. The second-order valence-corrected chi connectivity index (χ2v) is 20.7. The number of nitrogens with one attached hydrogen (secondary N) is 1. The van der Waals surface area contributed by atoms with Gasteiger partial charge in [0.25, 0.3) is 11.8 Å². The number of morpholine rings is 1. The van der Waals surface area contributed by atoms with E-state index in [9.17, 15) is 20.0 Å². The van der Waals surface area contributed by atoms with Gasteiger partial charge in [-0.3, -0.25) is 19.3 Å². The van der Waals surface area contributed by atoms with Gasteiger partial charge in [0.05, 0.1) is 30.4 Å². The number of hydrogen-bond acceptors (Lipinski definition) is 9. The van der Waals surface area contributed by atoms with E-state index in [2.05, 4.69) is 57.3 Å². The van der Waals surface area contributed by atoms with Crippen molar-refractivity contribution in [1.29, 1.82) is 5.26 Å². The standard InChI is InChI=1S/C60H68N8O6/c1-39-35-66(25-27-73-39)26-28-74-51-19-13-42(14-20-51)29-55(70)67-24-21-44-31-53(54(32-46(44)36-67)60(72)68-37-45-12-8-7-11-43(45)30-49(68)38-65-22-9-6-10-23-65)58-57(52-33-48(34-61)63(4)40(52)2)56(41(3)64(58)5)59(71)62-47-15-17-50(69)18-16-47/h7-8,11-20,31-33,39,49,69H,6,9-10,21-30,35-38H2,1-5H3,(H,62,71)/t39-,49+/m1/s1. The third-order valence-electron chi connectivity index (χ3n) is 16.0. The number of amides is 3. The number of ether oxygens (including phenoxy) is 2. The number of carbonyl (C=O) groups excluding carboxylic acids is 3. The van der Waals surface area contributed by atoms with Crippen molar-refractivity contribution in [2.45, 2.75) is 84.5 Å². The molecule has 0 spiro atoms. The number of fused-ring (bicyclic) bond motifs is 2. The van der Waals surface area contributed by atoms with Crippen molar-refractivity contribution in [2.24, 2.45) is 14.1 Å². The second kappa shape index (κ2) is 21.7. The Hall–Kier alpha value is -7.18. The molecule has 384 valence electrons. The van der Waals surface area contributed by atoms with Gasteiger partial charge in [0.15, 0.2) is 0 Å². The van der Waals surface area contributed by atoms with Gasteiger partial charge in [-0.2, -0.15) is 5.26 Å². The zero-order valence-electron chi connectivity index (χ0n) is 43.5. The monoisotopic (exact) mass is 997 g/mol. The van der Waals surface area contributed by atoms with Crippen LogP contribution in [0.3, 0.4) is 0 Å². The topological polar surface area (TPSA) is 149 Å². The lowest BCUT2D eigenvalue weighted by Crippen LogP contribution is -2.51. The average Bonchev–Trinajstić information content (AvgIpc) is 3.85. The van der Waals surface area contributed by atoms with E-state index < -0.39 is 0 Å². The highest BCUT2D eigenvalue weighted by atomic mass is 16.5. The zero-order valence-corrected chi connectivity index (χ0v) is 43.5. The van der Waals surface area contributed by atoms with Crippen molar-refractivity contribution in [2.75, 3.05) is 64.3 Å². The van der Waals surface area contributed by atoms with Crippen LogP contribution in [-0.4, -0.2) is 123 Å². The summed E-state index contributed by atoms with van der Waals surface area (Å²) < 4.78 is 15.6. The van der Waals surface area contributed by atoms with Crippen LogP contribution < -0.4 is 10.1 Å². The minimum Gasteiger partial charge on any atom is -0.508 e. The van der Waals surface area contributed by atoms with Crippen LogP contribution in [-0.2, 0) is 56.0 Å². The van der Waals surface area contributed by atoms with E-state index in [1.165, 1.54) is 24.1 Å². The first-order valence-corrected chi connectivity index (χ1v) is 26.3. The number of piperidine rings is 1. The quantitative estimate of drug-likeness (QED) is 0.109. The van der Waals surface area contributed by atoms with Crippen LogP contribution in [0.15, 0.2) is 91.0 Å². The van der Waals surface area contributed by atoms with Crippen molar-refractivity contribution in [3.63, 3.8) is 0 Å². The van der Waals surface area contributed by atoms with E-state index >= 15 is 4.79 Å². The van der Waals surface area contributed by atoms with E-state index in [1.54, 1.807) is 12.1 Å². The summed E-state index contributed by atoms with van der Waals surface area (Å²) in [6.45, 7) is 14.0. The molecule has 3 amide bonds. The Morgan fingerprint density at radius 2 is 1.57 bits per heavy atom. The first kappa shape index (κ1) is 50.4. The average molecular weight is 997 g/mol. The zero-order chi connectivity index (χ0) is 51.6. The van der Waals surface area contributed by atoms with Gasteiger partial charge in [0, 0.05) is 105 Å². The number of phenols is 1. The summed E-state index contributed by atoms with van der Waals surface area (Å²) in [4.78, 5) is 53.9. The number of nitrogens with zero attached hydrogens (tertiary/aromatic N) is 7. The maximum Gasteiger partial charge on any atom is 0.258 e. The molecule has 0 bridgehead atoms. The number of aromatic nitrogens is 2. The summed E-state index contributed by atoms with van der Waals surface area (Å²) in [7, 11) is 3.78. The molecule has 2 saturated heterocycles. The number of anilines is 1. The molecule has 6 aromatic rings. The van der Waals surface area contributed by atoms with Crippen molar-refractivity contribution < 1.29 is 29.0 Å². The van der Waals surface area contributed by atoms with Crippen molar-refractivity contribution in [1.82, 2.24) is 28.7 Å². The largest absolute Gasteiger partial charge is 0.508 e. The van der Waals surface area contributed by atoms with Crippen LogP contribution in [0.25, 0.3) is 22.4 Å². The molecule has 2 aromatic heterocycles. The number of rotatable bonds is 13. The normalized spacial score (nSPS) is 18.1. The van der Waals surface area contributed by atoms with Gasteiger partial charge in [0.2, 0.25) is 5.91 Å². The Balaban J connectivity index is 1.03. The molecule has 14 heteroatoms. The highest BCUT2D eigenvalue weighted by Crippen LogP contribution is 2.44. The van der Waals surface area contributed by atoms with Gasteiger partial charge in [-0.1, -0.05) is 42.8 Å². The summed E-state index contributed by atoms with van der Waals surface area (Å²) in [5.74, 6) is 0.398. The smallest absolute Gasteiger partial charge is 0.258 e. The maximum atomic E-state index is 16.1. The van der Waals surface area contributed by atoms with E-state index in [0.29, 0.717) is 83.2 Å². The molecule has 4 aromatic carbocycles. The summed E-state index contributed by atoms with van der Waals surface area (Å²) in [6.07, 6.45) is 5.26. The molecule has 14 nitrogen and oxygen atoms in total. The van der Waals surface area contributed by atoms with E-state index in [1.807, 2.05) is 84.4 Å². The van der Waals surface area contributed by atoms with Crippen LogP contribution in [0.4, 0.5) is 5.69 Å². The number of likely N-dealkylation sites (tertiary alicyclic amines) is 1. The highest BCUT2D eigenvalue weighted by molar-refractivity contribution is 6.14. The predicted molar refractivity (Wildman–Crippen MR) is 286 cm³/mol. The number of carbonyl (C=O) groups is 3. The molecule has 0 radical (unpaired) electrons. The lowest BCUT2D eigenvalue weighted by molar-refractivity contribution is -0.131. The first-order valence-electron chi connectivity index (χ1n) is 26.3. The molecule has 4 aliphatic heterocycles. The molecule has 10 rings (SSSR count). The Bertz CT molecular complexity index is 3110. The van der Waals surface area contributed by atoms with E-state index in [-0.39, 0.29) is 42.0 Å². The third-order valence-corrected chi connectivity index (χ3v) is 16.0. The lowest BCUT2D eigenvalue weighted by Gasteiger charge is -2.41. The molecule has 2 atom stereocenters. The fourth-order valence-electron chi connectivity index (χ4n) is 11.6. The SMILES string of the molecule is Cc1c(-c2c(C(=O)Nc3ccc(O)cc3)c(C)n(C)c2-c2cc3c(cc2C(=O)N2Cc4ccccc4C[C@H]2CN2CCCCC2)CN(C(=O)Cc2ccc(OCCN4CCO[C@H](C)C4)cc2)CC3)cc(C#N)n1C. The number of nitriles is 1. The molecule has 2 N–H and O–H groups in total. The fraction of sp³-hybridized carbons (Fsp3) is 0.400. The number of benzene rings is 4. The number of phenolic OH excluding ortho intramolecular Hbond substituents is 1. The summed E-state index contributed by atoms with van der Waals surface area (Å²) >= 11 is 0. The van der Waals surface area contributed by atoms with Gasteiger partial charge >= 0.3 is 0 Å². The van der Waals surface area contributed by atoms with E-state index in [0.717, 1.165) is 98.8 Å². The highest BCUT2D eigenvalue weighted by Gasteiger charge is 2.37. The molecular formula is C60H68N8O6. The lowest BCUT2D eigenvalue weighted by atomic mass is 9.87. The number of aromatic hydroxyl groups is 1.